The van der Waals surface area contributed by atoms with Gasteiger partial charge in [-0.25, -0.2) is 0 Å². The number of rotatable bonds is 40. The van der Waals surface area contributed by atoms with Gasteiger partial charge in [-0.1, -0.05) is 205 Å². The van der Waals surface area contributed by atoms with E-state index in [9.17, 15) is 30.3 Å². The van der Waals surface area contributed by atoms with Gasteiger partial charge >= 0.3 is 0 Å². The first kappa shape index (κ1) is 53.7. The van der Waals surface area contributed by atoms with Crippen molar-refractivity contribution in [1.82, 2.24) is 5.32 Å². The van der Waals surface area contributed by atoms with Crippen molar-refractivity contribution >= 4 is 5.91 Å². The van der Waals surface area contributed by atoms with E-state index >= 15 is 0 Å². The summed E-state index contributed by atoms with van der Waals surface area (Å²) in [6.07, 6.45) is 39.5. The molecule has 9 heteroatoms. The van der Waals surface area contributed by atoms with E-state index in [-0.39, 0.29) is 12.5 Å². The zero-order chi connectivity index (χ0) is 41.6. The van der Waals surface area contributed by atoms with Crippen LogP contribution in [0, 0.1) is 0 Å². The molecule has 1 aliphatic heterocycles. The first-order valence-electron chi connectivity index (χ1n) is 24.1. The lowest BCUT2D eigenvalue weighted by Gasteiger charge is -2.40. The van der Waals surface area contributed by atoms with Gasteiger partial charge in [0.15, 0.2) is 6.29 Å². The Bertz CT molecular complexity index is 945. The third-order valence-electron chi connectivity index (χ3n) is 11.5. The van der Waals surface area contributed by atoms with Crippen molar-refractivity contribution in [2.45, 2.75) is 262 Å². The molecule has 57 heavy (non-hydrogen) atoms. The Morgan fingerprint density at radius 1 is 0.579 bits per heavy atom. The van der Waals surface area contributed by atoms with Crippen molar-refractivity contribution in [3.8, 4) is 0 Å². The average Bonchev–Trinajstić information content (AvgIpc) is 3.21. The minimum absolute atomic E-state index is 0.185. The molecule has 7 atom stereocenters. The summed E-state index contributed by atoms with van der Waals surface area (Å²) in [6, 6.07) is -0.815. The maximum atomic E-state index is 12.9. The van der Waals surface area contributed by atoms with E-state index in [2.05, 4.69) is 31.3 Å². The number of carbonyl (C=O) groups is 1. The molecule has 0 bridgehead atoms. The van der Waals surface area contributed by atoms with Gasteiger partial charge in [0.25, 0.3) is 0 Å². The Kier molecular flexibility index (Phi) is 36.6. The number of amides is 1. The van der Waals surface area contributed by atoms with E-state index in [0.717, 1.165) is 38.5 Å². The molecule has 0 radical (unpaired) electrons. The van der Waals surface area contributed by atoms with E-state index in [1.807, 2.05) is 6.08 Å². The quantitative estimate of drug-likeness (QED) is 0.0265. The Labute approximate surface area is 349 Å². The van der Waals surface area contributed by atoms with Gasteiger partial charge in [-0.2, -0.15) is 0 Å². The third-order valence-corrected chi connectivity index (χ3v) is 11.5. The molecule has 6 N–H and O–H groups in total. The van der Waals surface area contributed by atoms with Gasteiger partial charge in [-0.3, -0.25) is 4.79 Å². The molecule has 0 aromatic heterocycles. The van der Waals surface area contributed by atoms with E-state index in [1.165, 1.54) is 161 Å². The molecule has 0 aromatic rings. The van der Waals surface area contributed by atoms with E-state index in [4.69, 9.17) is 9.47 Å². The highest BCUT2D eigenvalue weighted by molar-refractivity contribution is 5.76. The van der Waals surface area contributed by atoms with Crippen LogP contribution in [0.15, 0.2) is 24.3 Å². The van der Waals surface area contributed by atoms with E-state index in [1.54, 1.807) is 6.08 Å². The molecule has 1 rings (SSSR count). The minimum Gasteiger partial charge on any atom is -0.394 e. The molecule has 0 saturated carbocycles. The lowest BCUT2D eigenvalue weighted by molar-refractivity contribution is -0.302. The fourth-order valence-electron chi connectivity index (χ4n) is 7.64. The molecule has 0 spiro atoms. The molecule has 2 unspecified atom stereocenters. The second-order valence-corrected chi connectivity index (χ2v) is 16.9. The average molecular weight is 810 g/mol. The second kappa shape index (κ2) is 38.8. The fraction of sp³-hybridized carbons (Fsp3) is 0.896. The molecular weight excluding hydrogens is 719 g/mol. The molecule has 1 saturated heterocycles. The highest BCUT2D eigenvalue weighted by Gasteiger charge is 2.44. The SMILES string of the molecule is CCCCCCC/C=C/CC/C=C/[C@@H](O)[C@H](CO[C@H]1O[C@@H](CO)[C@H](O)C(O)C1O)NC(=O)CCCCCCCCCCCCCCCCCCCCCCCCC. The second-order valence-electron chi connectivity index (χ2n) is 16.9. The Morgan fingerprint density at radius 2 is 1.00 bits per heavy atom. The minimum atomic E-state index is -1.57. The molecule has 0 aromatic carbocycles. The summed E-state index contributed by atoms with van der Waals surface area (Å²) in [5, 5.41) is 54.1. The first-order valence-corrected chi connectivity index (χ1v) is 24.1. The van der Waals surface area contributed by atoms with E-state index in [0.29, 0.717) is 6.42 Å². The Morgan fingerprint density at radius 3 is 1.47 bits per heavy atom. The fourth-order valence-corrected chi connectivity index (χ4v) is 7.64. The van der Waals surface area contributed by atoms with Gasteiger partial charge in [-0.05, 0) is 32.1 Å². The van der Waals surface area contributed by atoms with Gasteiger partial charge in [0.2, 0.25) is 5.91 Å². The van der Waals surface area contributed by atoms with E-state index < -0.39 is 49.5 Å². The largest absolute Gasteiger partial charge is 0.394 e. The van der Waals surface area contributed by atoms with Crippen LogP contribution in [0.5, 0.6) is 0 Å². The zero-order valence-corrected chi connectivity index (χ0v) is 36.9. The van der Waals surface area contributed by atoms with Crippen molar-refractivity contribution in [2.75, 3.05) is 13.2 Å². The third kappa shape index (κ3) is 29.5. The highest BCUT2D eigenvalue weighted by atomic mass is 16.7. The molecule has 1 amide bonds. The summed E-state index contributed by atoms with van der Waals surface area (Å²) >= 11 is 0. The number of aliphatic hydroxyl groups is 5. The van der Waals surface area contributed by atoms with Crippen LogP contribution >= 0.6 is 0 Å². The van der Waals surface area contributed by atoms with Crippen LogP contribution in [0.2, 0.25) is 0 Å². The van der Waals surface area contributed by atoms with Crippen LogP contribution in [-0.2, 0) is 14.3 Å². The van der Waals surface area contributed by atoms with Crippen molar-refractivity contribution < 1.29 is 39.8 Å². The number of hydrogen-bond donors (Lipinski definition) is 6. The normalized spacial score (nSPS) is 21.1. The highest BCUT2D eigenvalue weighted by Crippen LogP contribution is 2.23. The van der Waals surface area contributed by atoms with Crippen molar-refractivity contribution in [2.24, 2.45) is 0 Å². The summed E-state index contributed by atoms with van der Waals surface area (Å²) in [6.45, 7) is 3.74. The van der Waals surface area contributed by atoms with Gasteiger partial charge in [0.05, 0.1) is 25.4 Å². The standard InChI is InChI=1S/C48H91NO8/c1-3-5-7-9-11-13-15-16-17-18-19-20-21-22-23-24-25-26-28-30-32-34-36-38-44(52)49-41(40-56-48-47(55)46(54)45(53)43(39-50)57-48)42(51)37-35-33-31-29-27-14-12-10-8-6-4-2/h27,29,35,37,41-43,45-48,50-51,53-55H,3-26,28,30-34,36,38-40H2,1-2H3,(H,49,52)/b29-27+,37-35+/t41-,42+,43-,45-,46?,47?,48-/m0/s1. The van der Waals surface area contributed by atoms with Crippen LogP contribution in [0.4, 0.5) is 0 Å². The van der Waals surface area contributed by atoms with Gasteiger partial charge in [0.1, 0.15) is 24.4 Å². The molecule has 0 aliphatic carbocycles. The van der Waals surface area contributed by atoms with Gasteiger partial charge in [-0.15, -0.1) is 0 Å². The number of carbonyl (C=O) groups excluding carboxylic acids is 1. The number of aliphatic hydroxyl groups excluding tert-OH is 5. The lowest BCUT2D eigenvalue weighted by Crippen LogP contribution is -2.60. The first-order chi connectivity index (χ1) is 27.8. The van der Waals surface area contributed by atoms with Crippen molar-refractivity contribution in [3.63, 3.8) is 0 Å². The topological polar surface area (TPSA) is 149 Å². The summed E-state index contributed by atoms with van der Waals surface area (Å²) in [7, 11) is 0. The van der Waals surface area contributed by atoms with Crippen LogP contribution in [0.1, 0.15) is 219 Å². The predicted octanol–water partition coefficient (Wildman–Crippen LogP) is 10.3. The number of hydrogen-bond acceptors (Lipinski definition) is 8. The Hall–Kier alpha value is -1.33. The summed E-state index contributed by atoms with van der Waals surface area (Å²) in [5.74, 6) is -0.185. The van der Waals surface area contributed by atoms with Crippen LogP contribution in [0.25, 0.3) is 0 Å². The van der Waals surface area contributed by atoms with Crippen LogP contribution < -0.4 is 5.32 Å². The summed E-state index contributed by atoms with van der Waals surface area (Å²) in [4.78, 5) is 12.9. The molecule has 1 heterocycles. The van der Waals surface area contributed by atoms with Gasteiger partial charge in [0, 0.05) is 6.42 Å². The molecule has 1 fully saturated rings. The summed E-state index contributed by atoms with van der Waals surface area (Å²) in [5.41, 5.74) is 0. The number of nitrogens with one attached hydrogen (secondary N) is 1. The maximum absolute atomic E-state index is 12.9. The van der Waals surface area contributed by atoms with Crippen molar-refractivity contribution in [1.29, 1.82) is 0 Å². The molecular formula is C48H91NO8. The Balaban J connectivity index is 2.25. The molecule has 9 nitrogen and oxygen atoms in total. The number of allylic oxidation sites excluding steroid dienone is 3. The van der Waals surface area contributed by atoms with Crippen LogP contribution in [-0.4, -0.2) is 87.5 Å². The zero-order valence-electron chi connectivity index (χ0n) is 36.9. The summed E-state index contributed by atoms with van der Waals surface area (Å²) < 4.78 is 11.2. The maximum Gasteiger partial charge on any atom is 0.220 e. The van der Waals surface area contributed by atoms with Crippen molar-refractivity contribution in [3.05, 3.63) is 24.3 Å². The number of ether oxygens (including phenoxy) is 2. The predicted molar refractivity (Wildman–Crippen MR) is 235 cm³/mol. The lowest BCUT2D eigenvalue weighted by atomic mass is 9.99. The van der Waals surface area contributed by atoms with Crippen LogP contribution in [0.3, 0.4) is 0 Å². The monoisotopic (exact) mass is 810 g/mol. The smallest absolute Gasteiger partial charge is 0.220 e. The number of unbranched alkanes of at least 4 members (excludes halogenated alkanes) is 28. The molecule has 336 valence electrons. The molecule has 1 aliphatic rings. The van der Waals surface area contributed by atoms with Gasteiger partial charge < -0.3 is 40.3 Å².